The number of urea groups is 1. The Morgan fingerprint density at radius 3 is 2.29 bits per heavy atom. The molecule has 0 spiro atoms. The number of anilines is 1. The molecule has 1 aliphatic heterocycles. The second kappa shape index (κ2) is 10.5. The first kappa shape index (κ1) is 24.7. The van der Waals surface area contributed by atoms with Crippen molar-refractivity contribution in [3.8, 4) is 11.5 Å². The van der Waals surface area contributed by atoms with Crippen LogP contribution in [0, 0.1) is 0 Å². The zero-order valence-electron chi connectivity index (χ0n) is 18.8. The van der Waals surface area contributed by atoms with E-state index in [1.54, 1.807) is 43.5 Å². The van der Waals surface area contributed by atoms with E-state index in [2.05, 4.69) is 37.2 Å². The lowest BCUT2D eigenvalue weighted by molar-refractivity contribution is -0.122. The first-order valence-electron chi connectivity index (χ1n) is 10.5. The molecule has 1 saturated heterocycles. The summed E-state index contributed by atoms with van der Waals surface area (Å²) in [5.74, 6) is -0.327. The van der Waals surface area contributed by atoms with Crippen molar-refractivity contribution < 1.29 is 23.9 Å². The van der Waals surface area contributed by atoms with Crippen LogP contribution < -0.4 is 19.7 Å². The Morgan fingerprint density at radius 2 is 1.63 bits per heavy atom. The number of nitrogens with zero attached hydrogens (tertiary/aromatic N) is 1. The van der Waals surface area contributed by atoms with Gasteiger partial charge in [-0.15, -0.1) is 0 Å². The van der Waals surface area contributed by atoms with Crippen molar-refractivity contribution >= 4 is 61.5 Å². The van der Waals surface area contributed by atoms with Gasteiger partial charge < -0.3 is 9.47 Å². The van der Waals surface area contributed by atoms with Crippen molar-refractivity contribution in [3.05, 3.63) is 91.9 Å². The molecule has 9 heteroatoms. The number of benzene rings is 3. The number of methoxy groups -OCH3 is 2. The molecule has 0 bridgehead atoms. The maximum absolute atomic E-state index is 13.2. The van der Waals surface area contributed by atoms with Gasteiger partial charge in [-0.2, -0.15) is 0 Å². The number of hydrogen-bond acceptors (Lipinski definition) is 5. The monoisotopic (exact) mass is 598 g/mol. The minimum absolute atomic E-state index is 0.173. The van der Waals surface area contributed by atoms with Gasteiger partial charge in [-0.05, 0) is 59.7 Å². The van der Waals surface area contributed by atoms with Gasteiger partial charge in [0, 0.05) is 20.9 Å². The highest BCUT2D eigenvalue weighted by Gasteiger charge is 2.36. The van der Waals surface area contributed by atoms with E-state index in [9.17, 15) is 14.4 Å². The molecule has 178 valence electrons. The molecule has 1 aliphatic rings. The minimum atomic E-state index is -0.815. The van der Waals surface area contributed by atoms with Crippen LogP contribution in [0.2, 0.25) is 0 Å². The van der Waals surface area contributed by atoms with E-state index in [1.807, 2.05) is 24.3 Å². The van der Waals surface area contributed by atoms with E-state index < -0.39 is 17.8 Å². The summed E-state index contributed by atoms with van der Waals surface area (Å²) >= 11 is 7.17. The summed E-state index contributed by atoms with van der Waals surface area (Å²) < 4.78 is 12.5. The van der Waals surface area contributed by atoms with Gasteiger partial charge >= 0.3 is 6.03 Å². The summed E-state index contributed by atoms with van der Waals surface area (Å²) in [7, 11) is 3.08. The van der Waals surface area contributed by atoms with E-state index in [1.165, 1.54) is 13.2 Å². The maximum atomic E-state index is 13.2. The molecule has 0 saturated carbocycles. The fourth-order valence-corrected chi connectivity index (χ4v) is 4.72. The van der Waals surface area contributed by atoms with Crippen LogP contribution in [0.5, 0.6) is 11.5 Å². The Labute approximate surface area is 219 Å². The number of rotatable bonds is 6. The molecule has 0 aromatic heterocycles. The quantitative estimate of drug-likeness (QED) is 0.299. The highest BCUT2D eigenvalue weighted by molar-refractivity contribution is 9.10. The Morgan fingerprint density at radius 1 is 0.914 bits per heavy atom. The summed E-state index contributed by atoms with van der Waals surface area (Å²) in [5, 5.41) is 2.23. The van der Waals surface area contributed by atoms with Gasteiger partial charge in [-0.1, -0.05) is 50.1 Å². The second-order valence-electron chi connectivity index (χ2n) is 7.61. The number of amides is 4. The van der Waals surface area contributed by atoms with Crippen molar-refractivity contribution in [1.82, 2.24) is 5.32 Å². The third kappa shape index (κ3) is 5.16. The lowest BCUT2D eigenvalue weighted by Crippen LogP contribution is -2.54. The fraction of sp³-hybridized carbons (Fsp3) is 0.115. The average Bonchev–Trinajstić information content (AvgIpc) is 2.84. The number of ether oxygens (including phenoxy) is 2. The number of carbonyl (C=O) groups is 3. The average molecular weight is 600 g/mol. The van der Waals surface area contributed by atoms with Gasteiger partial charge in [0.15, 0.2) is 0 Å². The molecule has 3 aromatic carbocycles. The van der Waals surface area contributed by atoms with E-state index in [4.69, 9.17) is 9.47 Å². The van der Waals surface area contributed by atoms with E-state index >= 15 is 0 Å². The summed E-state index contributed by atoms with van der Waals surface area (Å²) in [4.78, 5) is 39.1. The fourth-order valence-electron chi connectivity index (χ4n) is 3.69. The molecule has 1 fully saturated rings. The molecule has 7 nitrogen and oxygen atoms in total. The molecule has 3 aromatic rings. The predicted octanol–water partition coefficient (Wildman–Crippen LogP) is 5.49. The van der Waals surface area contributed by atoms with Crippen molar-refractivity contribution in [3.63, 3.8) is 0 Å². The van der Waals surface area contributed by atoms with Gasteiger partial charge in [0.1, 0.15) is 17.1 Å². The van der Waals surface area contributed by atoms with Crippen molar-refractivity contribution in [2.24, 2.45) is 0 Å². The van der Waals surface area contributed by atoms with E-state index in [0.29, 0.717) is 29.2 Å². The SMILES string of the molecule is COc1ccc(N2C(=O)NC(=O)/C(=C\c3cc(Br)c(Cc4ccccc4Br)c(OC)c3)C2=O)cc1. The van der Waals surface area contributed by atoms with Gasteiger partial charge in [0.05, 0.1) is 19.9 Å². The topological polar surface area (TPSA) is 84.9 Å². The smallest absolute Gasteiger partial charge is 0.335 e. The van der Waals surface area contributed by atoms with Crippen molar-refractivity contribution in [1.29, 1.82) is 0 Å². The lowest BCUT2D eigenvalue weighted by Gasteiger charge is -2.26. The normalized spacial score (nSPS) is 14.8. The Balaban J connectivity index is 1.69. The summed E-state index contributed by atoms with van der Waals surface area (Å²) in [6.45, 7) is 0. The number of carbonyl (C=O) groups excluding carboxylic acids is 3. The van der Waals surface area contributed by atoms with Crippen LogP contribution >= 0.6 is 31.9 Å². The van der Waals surface area contributed by atoms with Crippen LogP contribution in [-0.4, -0.2) is 32.1 Å². The molecule has 1 N–H and O–H groups in total. The Hall–Kier alpha value is -3.43. The van der Waals surface area contributed by atoms with Crippen LogP contribution in [0.3, 0.4) is 0 Å². The predicted molar refractivity (Wildman–Crippen MR) is 140 cm³/mol. The summed E-state index contributed by atoms with van der Waals surface area (Å²) in [5.41, 5.74) is 2.69. The molecule has 4 rings (SSSR count). The van der Waals surface area contributed by atoms with Crippen LogP contribution in [0.15, 0.2) is 75.2 Å². The second-order valence-corrected chi connectivity index (χ2v) is 9.32. The molecular weight excluding hydrogens is 580 g/mol. The summed E-state index contributed by atoms with van der Waals surface area (Å²) in [6.07, 6.45) is 2.04. The molecule has 0 unspecified atom stereocenters. The molecular formula is C26H20Br2N2O5. The van der Waals surface area contributed by atoms with Crippen LogP contribution in [0.25, 0.3) is 6.08 Å². The third-order valence-corrected chi connectivity index (χ3v) is 6.95. The number of imide groups is 2. The van der Waals surface area contributed by atoms with Crippen molar-refractivity contribution in [2.45, 2.75) is 6.42 Å². The third-order valence-electron chi connectivity index (χ3n) is 5.47. The number of hydrogen-bond donors (Lipinski definition) is 1. The molecule has 0 radical (unpaired) electrons. The molecule has 4 amide bonds. The number of nitrogens with one attached hydrogen (secondary N) is 1. The molecule has 35 heavy (non-hydrogen) atoms. The molecule has 0 atom stereocenters. The first-order valence-corrected chi connectivity index (χ1v) is 12.1. The Bertz CT molecular complexity index is 1350. The van der Waals surface area contributed by atoms with Crippen LogP contribution in [0.1, 0.15) is 16.7 Å². The lowest BCUT2D eigenvalue weighted by atomic mass is 10.0. The van der Waals surface area contributed by atoms with Crippen molar-refractivity contribution in [2.75, 3.05) is 19.1 Å². The largest absolute Gasteiger partial charge is 0.497 e. The highest BCUT2D eigenvalue weighted by atomic mass is 79.9. The van der Waals surface area contributed by atoms with E-state index in [0.717, 1.165) is 25.0 Å². The van der Waals surface area contributed by atoms with Gasteiger partial charge in [0.25, 0.3) is 11.8 Å². The van der Waals surface area contributed by atoms with Gasteiger partial charge in [-0.25, -0.2) is 9.69 Å². The minimum Gasteiger partial charge on any atom is -0.497 e. The zero-order chi connectivity index (χ0) is 25.1. The first-order chi connectivity index (χ1) is 16.8. The highest BCUT2D eigenvalue weighted by Crippen LogP contribution is 2.34. The van der Waals surface area contributed by atoms with E-state index in [-0.39, 0.29) is 5.57 Å². The molecule has 1 heterocycles. The van der Waals surface area contributed by atoms with Gasteiger partial charge in [0.2, 0.25) is 0 Å². The Kier molecular flexibility index (Phi) is 7.37. The number of barbiturate groups is 1. The zero-order valence-corrected chi connectivity index (χ0v) is 22.0. The number of halogens is 2. The van der Waals surface area contributed by atoms with Crippen LogP contribution in [-0.2, 0) is 16.0 Å². The maximum Gasteiger partial charge on any atom is 0.335 e. The standard InChI is InChI=1S/C26H20Br2N2O5/c1-34-18-9-7-17(8-10-18)30-25(32)20(24(31)29-26(30)33)11-15-12-22(28)19(23(13-15)35-2)14-16-5-3-4-6-21(16)27/h3-13H,14H2,1-2H3,(H,29,31,33)/b20-11+. The van der Waals surface area contributed by atoms with Crippen LogP contribution in [0.4, 0.5) is 10.5 Å². The van der Waals surface area contributed by atoms with Gasteiger partial charge in [-0.3, -0.25) is 14.9 Å². The molecule has 0 aliphatic carbocycles. The summed E-state index contributed by atoms with van der Waals surface area (Å²) in [6, 6.07) is 17.0.